The fourth-order valence-electron chi connectivity index (χ4n) is 1.19. The highest BCUT2D eigenvalue weighted by molar-refractivity contribution is 5.77. The fourth-order valence-corrected chi connectivity index (χ4v) is 1.19. The summed E-state index contributed by atoms with van der Waals surface area (Å²) in [7, 11) is 0. The predicted octanol–water partition coefficient (Wildman–Crippen LogP) is 0.934. The number of benzene rings is 1. The molecule has 1 rings (SSSR count). The van der Waals surface area contributed by atoms with Gasteiger partial charge in [0.2, 0.25) is 0 Å². The van der Waals surface area contributed by atoms with Gasteiger partial charge in [0, 0.05) is 18.8 Å². The van der Waals surface area contributed by atoms with E-state index in [0.717, 1.165) is 17.8 Å². The van der Waals surface area contributed by atoms with Crippen LogP contribution in [0.4, 0.5) is 5.69 Å². The molecule has 0 bridgehead atoms. The molecular weight excluding hydrogens is 188 g/mol. The molecule has 0 saturated heterocycles. The fraction of sp³-hybridized carbons (Fsp3) is 0.364. The maximum atomic E-state index is 5.50. The first kappa shape index (κ1) is 11.5. The van der Waals surface area contributed by atoms with Gasteiger partial charge in [-0.2, -0.15) is 0 Å². The number of rotatable bonds is 5. The van der Waals surface area contributed by atoms with Crippen molar-refractivity contribution in [2.24, 2.45) is 16.5 Å². The molecule has 0 amide bonds. The largest absolute Gasteiger partial charge is 0.388 e. The molecule has 0 unspecified atom stereocenters. The van der Waals surface area contributed by atoms with Crippen LogP contribution in [0.15, 0.2) is 29.3 Å². The van der Waals surface area contributed by atoms with Crippen LogP contribution in [0, 0.1) is 0 Å². The highest BCUT2D eigenvalue weighted by Gasteiger charge is 1.91. The van der Waals surface area contributed by atoms with Gasteiger partial charge in [-0.25, -0.2) is 0 Å². The molecule has 82 valence electrons. The average Bonchev–Trinajstić information content (AvgIpc) is 2.25. The third kappa shape index (κ3) is 4.46. The van der Waals surface area contributed by atoms with Crippen LogP contribution >= 0.6 is 0 Å². The van der Waals surface area contributed by atoms with Gasteiger partial charge in [0.15, 0.2) is 0 Å². The summed E-state index contributed by atoms with van der Waals surface area (Å²) in [5.74, 6) is 0.621. The van der Waals surface area contributed by atoms with E-state index in [1.165, 1.54) is 0 Å². The molecule has 15 heavy (non-hydrogen) atoms. The van der Waals surface area contributed by atoms with Gasteiger partial charge in [-0.3, -0.25) is 4.99 Å². The number of nitrogens with one attached hydrogen (secondary N) is 1. The molecule has 0 aliphatic carbocycles. The van der Waals surface area contributed by atoms with Gasteiger partial charge >= 0.3 is 0 Å². The normalized spacial score (nSPS) is 11.5. The number of amidine groups is 1. The van der Waals surface area contributed by atoms with Crippen molar-refractivity contribution < 1.29 is 0 Å². The van der Waals surface area contributed by atoms with E-state index in [4.69, 9.17) is 11.5 Å². The summed E-state index contributed by atoms with van der Waals surface area (Å²) in [5.41, 5.74) is 13.1. The Morgan fingerprint density at radius 1 is 1.33 bits per heavy atom. The first-order valence-corrected chi connectivity index (χ1v) is 5.02. The Morgan fingerprint density at radius 3 is 2.53 bits per heavy atom. The van der Waals surface area contributed by atoms with Crippen LogP contribution in [0.2, 0.25) is 0 Å². The van der Waals surface area contributed by atoms with E-state index < -0.39 is 0 Å². The second-order valence-corrected chi connectivity index (χ2v) is 3.35. The summed E-state index contributed by atoms with van der Waals surface area (Å²) in [6.07, 6.45) is 0. The number of anilines is 1. The van der Waals surface area contributed by atoms with E-state index in [9.17, 15) is 0 Å². The van der Waals surface area contributed by atoms with E-state index in [-0.39, 0.29) is 0 Å². The molecule has 4 nitrogen and oxygen atoms in total. The molecule has 0 aliphatic heterocycles. The number of hydrogen-bond donors (Lipinski definition) is 3. The Labute approximate surface area is 90.4 Å². The molecule has 0 aliphatic rings. The molecule has 5 N–H and O–H groups in total. The van der Waals surface area contributed by atoms with Crippen LogP contribution in [0.3, 0.4) is 0 Å². The van der Waals surface area contributed by atoms with E-state index in [1.54, 1.807) is 6.92 Å². The highest BCUT2D eigenvalue weighted by Crippen LogP contribution is 2.08. The summed E-state index contributed by atoms with van der Waals surface area (Å²) < 4.78 is 0. The summed E-state index contributed by atoms with van der Waals surface area (Å²) in [5, 5.41) is 3.25. The topological polar surface area (TPSA) is 76.4 Å². The molecular formula is C11H18N4. The van der Waals surface area contributed by atoms with Crippen LogP contribution in [-0.2, 0) is 6.54 Å². The lowest BCUT2D eigenvalue weighted by Gasteiger charge is -2.05. The maximum absolute atomic E-state index is 5.50. The maximum Gasteiger partial charge on any atom is 0.0906 e. The van der Waals surface area contributed by atoms with Gasteiger partial charge in [-0.05, 0) is 24.6 Å². The minimum Gasteiger partial charge on any atom is -0.388 e. The van der Waals surface area contributed by atoms with Gasteiger partial charge in [0.1, 0.15) is 0 Å². The quantitative estimate of drug-likeness (QED) is 0.381. The van der Waals surface area contributed by atoms with Crippen molar-refractivity contribution in [3.63, 3.8) is 0 Å². The standard InChI is InChI=1S/C11H18N4/c1-9(13)14-6-7-15-11-4-2-10(8-12)3-5-11/h2-5,15H,6-8,12H2,1H3,(H2,13,14). The van der Waals surface area contributed by atoms with E-state index >= 15 is 0 Å². The molecule has 0 spiro atoms. The minimum absolute atomic E-state index is 0.580. The van der Waals surface area contributed by atoms with Crippen molar-refractivity contribution in [3.8, 4) is 0 Å². The van der Waals surface area contributed by atoms with Gasteiger partial charge in [0.25, 0.3) is 0 Å². The smallest absolute Gasteiger partial charge is 0.0906 e. The lowest BCUT2D eigenvalue weighted by molar-refractivity contribution is 1.01. The average molecular weight is 206 g/mol. The Morgan fingerprint density at radius 2 is 2.00 bits per heavy atom. The molecule has 0 saturated carbocycles. The van der Waals surface area contributed by atoms with Gasteiger partial charge in [-0.1, -0.05) is 12.1 Å². The molecule has 0 aromatic heterocycles. The molecule has 0 heterocycles. The van der Waals surface area contributed by atoms with E-state index in [0.29, 0.717) is 18.9 Å². The van der Waals surface area contributed by atoms with Crippen LogP contribution in [0.5, 0.6) is 0 Å². The summed E-state index contributed by atoms with van der Waals surface area (Å²) in [6.45, 7) is 3.85. The third-order valence-electron chi connectivity index (χ3n) is 1.99. The molecule has 0 fully saturated rings. The lowest BCUT2D eigenvalue weighted by atomic mass is 10.2. The first-order valence-electron chi connectivity index (χ1n) is 5.02. The first-order chi connectivity index (χ1) is 7.22. The van der Waals surface area contributed by atoms with Crippen molar-refractivity contribution in [3.05, 3.63) is 29.8 Å². The Hall–Kier alpha value is -1.55. The van der Waals surface area contributed by atoms with Crippen molar-refractivity contribution >= 4 is 11.5 Å². The molecule has 0 atom stereocenters. The summed E-state index contributed by atoms with van der Waals surface area (Å²) in [4.78, 5) is 4.09. The highest BCUT2D eigenvalue weighted by atomic mass is 14.9. The molecule has 1 aromatic carbocycles. The molecule has 1 aromatic rings. The lowest BCUT2D eigenvalue weighted by Crippen LogP contribution is -2.10. The second-order valence-electron chi connectivity index (χ2n) is 3.35. The zero-order chi connectivity index (χ0) is 11.1. The van der Waals surface area contributed by atoms with Crippen LogP contribution in [-0.4, -0.2) is 18.9 Å². The zero-order valence-corrected chi connectivity index (χ0v) is 9.03. The monoisotopic (exact) mass is 206 g/mol. The Balaban J connectivity index is 2.35. The van der Waals surface area contributed by atoms with Crippen molar-refractivity contribution in [2.45, 2.75) is 13.5 Å². The molecule has 0 radical (unpaired) electrons. The van der Waals surface area contributed by atoms with Crippen molar-refractivity contribution in [1.29, 1.82) is 0 Å². The van der Waals surface area contributed by atoms with Gasteiger partial charge in [0.05, 0.1) is 12.4 Å². The summed E-state index contributed by atoms with van der Waals surface area (Å²) >= 11 is 0. The number of hydrogen-bond acceptors (Lipinski definition) is 3. The van der Waals surface area contributed by atoms with Crippen molar-refractivity contribution in [2.75, 3.05) is 18.4 Å². The Bertz CT molecular complexity index is 312. The van der Waals surface area contributed by atoms with E-state index in [1.807, 2.05) is 24.3 Å². The second kappa shape index (κ2) is 6.03. The number of nitrogens with zero attached hydrogens (tertiary/aromatic N) is 1. The third-order valence-corrected chi connectivity index (χ3v) is 1.99. The van der Waals surface area contributed by atoms with Crippen molar-refractivity contribution in [1.82, 2.24) is 0 Å². The number of aliphatic imine (C=N–C) groups is 1. The van der Waals surface area contributed by atoms with Gasteiger partial charge in [-0.15, -0.1) is 0 Å². The number of nitrogens with two attached hydrogens (primary N) is 2. The molecule has 4 heteroatoms. The zero-order valence-electron chi connectivity index (χ0n) is 9.03. The Kier molecular flexibility index (Phi) is 4.63. The minimum atomic E-state index is 0.580. The van der Waals surface area contributed by atoms with Crippen LogP contribution in [0.1, 0.15) is 12.5 Å². The van der Waals surface area contributed by atoms with Gasteiger partial charge < -0.3 is 16.8 Å². The SMILES string of the molecule is CC(N)=NCCNc1ccc(CN)cc1. The van der Waals surface area contributed by atoms with E-state index in [2.05, 4.69) is 10.3 Å². The predicted molar refractivity (Wildman–Crippen MR) is 65.0 cm³/mol. The van der Waals surface area contributed by atoms with Crippen LogP contribution in [0.25, 0.3) is 0 Å². The summed E-state index contributed by atoms with van der Waals surface area (Å²) in [6, 6.07) is 8.06. The van der Waals surface area contributed by atoms with Crippen LogP contribution < -0.4 is 16.8 Å².